The Kier molecular flexibility index (Phi) is 3.99. The van der Waals surface area contributed by atoms with Crippen LogP contribution in [0.1, 0.15) is 49.5 Å². The summed E-state index contributed by atoms with van der Waals surface area (Å²) in [6.07, 6.45) is 10.1. The predicted molar refractivity (Wildman–Crippen MR) is 66.7 cm³/mol. The van der Waals surface area contributed by atoms with Crippen molar-refractivity contribution in [1.29, 1.82) is 0 Å². The molecule has 2 rings (SSSR count). The van der Waals surface area contributed by atoms with Crippen LogP contribution >= 0.6 is 0 Å². The molecular weight excluding hydrogens is 198 g/mol. The Morgan fingerprint density at radius 2 is 2.12 bits per heavy atom. The van der Waals surface area contributed by atoms with Gasteiger partial charge in [0.1, 0.15) is 5.82 Å². The molecule has 1 aliphatic rings. The lowest BCUT2D eigenvalue weighted by Crippen LogP contribution is -2.13. The van der Waals surface area contributed by atoms with E-state index in [1.165, 1.54) is 43.6 Å². The third kappa shape index (κ3) is 2.64. The molecule has 16 heavy (non-hydrogen) atoms. The molecule has 3 nitrogen and oxygen atoms in total. The smallest absolute Gasteiger partial charge is 0.109 e. The molecule has 0 saturated heterocycles. The van der Waals surface area contributed by atoms with Crippen molar-refractivity contribution in [3.05, 3.63) is 17.7 Å². The van der Waals surface area contributed by atoms with Gasteiger partial charge >= 0.3 is 0 Å². The molecule has 0 aliphatic heterocycles. The van der Waals surface area contributed by atoms with E-state index in [4.69, 9.17) is 4.98 Å². The largest absolute Gasteiger partial charge is 0.338 e. The van der Waals surface area contributed by atoms with Crippen LogP contribution in [0.25, 0.3) is 0 Å². The van der Waals surface area contributed by atoms with Gasteiger partial charge in [0, 0.05) is 32.1 Å². The fourth-order valence-corrected chi connectivity index (χ4v) is 2.59. The highest BCUT2D eigenvalue weighted by molar-refractivity contribution is 5.10. The van der Waals surface area contributed by atoms with Crippen LogP contribution in [0.2, 0.25) is 0 Å². The molecule has 1 aliphatic carbocycles. The van der Waals surface area contributed by atoms with Crippen LogP contribution in [-0.2, 0) is 13.5 Å². The lowest BCUT2D eigenvalue weighted by molar-refractivity contribution is 0.437. The molecule has 1 saturated carbocycles. The van der Waals surface area contributed by atoms with Gasteiger partial charge in [-0.25, -0.2) is 4.98 Å². The predicted octanol–water partition coefficient (Wildman–Crippen LogP) is 2.23. The van der Waals surface area contributed by atoms with Crippen molar-refractivity contribution in [2.45, 2.75) is 44.4 Å². The average Bonchev–Trinajstić information content (AvgIpc) is 2.69. The molecule has 3 heteroatoms. The van der Waals surface area contributed by atoms with E-state index in [0.29, 0.717) is 0 Å². The number of rotatable bonds is 4. The maximum Gasteiger partial charge on any atom is 0.109 e. The molecule has 1 heterocycles. The van der Waals surface area contributed by atoms with Gasteiger partial charge in [-0.15, -0.1) is 0 Å². The monoisotopic (exact) mass is 221 g/mol. The quantitative estimate of drug-likeness (QED) is 0.845. The maximum atomic E-state index is 4.79. The summed E-state index contributed by atoms with van der Waals surface area (Å²) in [6, 6.07) is 0. The second-order valence-corrected chi connectivity index (χ2v) is 4.88. The van der Waals surface area contributed by atoms with Crippen LogP contribution < -0.4 is 5.32 Å². The minimum Gasteiger partial charge on any atom is -0.338 e. The zero-order valence-corrected chi connectivity index (χ0v) is 10.5. The van der Waals surface area contributed by atoms with Gasteiger partial charge in [0.05, 0.1) is 5.69 Å². The van der Waals surface area contributed by atoms with Gasteiger partial charge in [0.2, 0.25) is 0 Å². The zero-order chi connectivity index (χ0) is 11.4. The van der Waals surface area contributed by atoms with Crippen LogP contribution in [-0.4, -0.2) is 23.1 Å². The number of imidazole rings is 1. The molecule has 0 atom stereocenters. The van der Waals surface area contributed by atoms with Crippen molar-refractivity contribution >= 4 is 0 Å². The van der Waals surface area contributed by atoms with E-state index in [-0.39, 0.29) is 0 Å². The standard InChI is InChI=1S/C13H23N3/c1-14-9-8-13-15-12(10-16(13)2)11-6-4-3-5-7-11/h10-11,14H,3-9H2,1-2H3. The summed E-state index contributed by atoms with van der Waals surface area (Å²) in [4.78, 5) is 4.79. The Hall–Kier alpha value is -0.830. The SMILES string of the molecule is CNCCc1nc(C2CCCCC2)cn1C. The van der Waals surface area contributed by atoms with Gasteiger partial charge in [0.25, 0.3) is 0 Å². The molecule has 0 aromatic carbocycles. The number of hydrogen-bond donors (Lipinski definition) is 1. The summed E-state index contributed by atoms with van der Waals surface area (Å²) in [5.74, 6) is 1.94. The second-order valence-electron chi connectivity index (χ2n) is 4.88. The van der Waals surface area contributed by atoms with Crippen LogP contribution in [0.3, 0.4) is 0 Å². The zero-order valence-electron chi connectivity index (χ0n) is 10.5. The van der Waals surface area contributed by atoms with Gasteiger partial charge in [-0.1, -0.05) is 19.3 Å². The van der Waals surface area contributed by atoms with Crippen LogP contribution in [0.4, 0.5) is 0 Å². The first kappa shape index (κ1) is 11.6. The lowest BCUT2D eigenvalue weighted by Gasteiger charge is -2.19. The van der Waals surface area contributed by atoms with E-state index in [0.717, 1.165) is 18.9 Å². The number of nitrogens with one attached hydrogen (secondary N) is 1. The Morgan fingerprint density at radius 1 is 1.38 bits per heavy atom. The summed E-state index contributed by atoms with van der Waals surface area (Å²) in [6.45, 7) is 1.01. The first-order chi connectivity index (χ1) is 7.81. The maximum absolute atomic E-state index is 4.79. The van der Waals surface area contributed by atoms with Crippen LogP contribution in [0, 0.1) is 0 Å². The topological polar surface area (TPSA) is 29.9 Å². The van der Waals surface area contributed by atoms with Gasteiger partial charge < -0.3 is 9.88 Å². The normalized spacial score (nSPS) is 17.9. The first-order valence-corrected chi connectivity index (χ1v) is 6.48. The second kappa shape index (κ2) is 5.48. The Morgan fingerprint density at radius 3 is 2.81 bits per heavy atom. The molecule has 1 fully saturated rings. The number of likely N-dealkylation sites (N-methyl/N-ethyl adjacent to an activating group) is 1. The molecule has 0 bridgehead atoms. The van der Waals surface area contributed by atoms with Gasteiger partial charge in [-0.3, -0.25) is 0 Å². The van der Waals surface area contributed by atoms with Crippen LogP contribution in [0.15, 0.2) is 6.20 Å². The van der Waals surface area contributed by atoms with Crippen molar-refractivity contribution in [1.82, 2.24) is 14.9 Å². The highest BCUT2D eigenvalue weighted by Gasteiger charge is 2.18. The van der Waals surface area contributed by atoms with Gasteiger partial charge in [-0.05, 0) is 19.9 Å². The van der Waals surface area contributed by atoms with Gasteiger partial charge in [-0.2, -0.15) is 0 Å². The van der Waals surface area contributed by atoms with E-state index in [2.05, 4.69) is 23.1 Å². The molecule has 1 aromatic rings. The number of aryl methyl sites for hydroxylation is 1. The Bertz CT molecular complexity index is 324. The lowest BCUT2D eigenvalue weighted by atomic mass is 9.87. The summed E-state index contributed by atoms with van der Waals surface area (Å²) in [5.41, 5.74) is 1.33. The summed E-state index contributed by atoms with van der Waals surface area (Å²) < 4.78 is 2.20. The minimum absolute atomic E-state index is 0.725. The number of aromatic nitrogens is 2. The van der Waals surface area contributed by atoms with E-state index in [9.17, 15) is 0 Å². The molecule has 0 radical (unpaired) electrons. The van der Waals surface area contributed by atoms with Crippen molar-refractivity contribution in [3.8, 4) is 0 Å². The molecular formula is C13H23N3. The third-order valence-corrected chi connectivity index (χ3v) is 3.61. The molecule has 0 amide bonds. The molecule has 1 aromatic heterocycles. The fraction of sp³-hybridized carbons (Fsp3) is 0.769. The summed E-state index contributed by atoms with van der Waals surface area (Å²) >= 11 is 0. The number of nitrogens with zero attached hydrogens (tertiary/aromatic N) is 2. The van der Waals surface area contributed by atoms with E-state index < -0.39 is 0 Å². The highest BCUT2D eigenvalue weighted by Crippen LogP contribution is 2.31. The Balaban J connectivity index is 2.03. The minimum atomic E-state index is 0.725. The van der Waals surface area contributed by atoms with Crippen molar-refractivity contribution < 1.29 is 0 Å². The summed E-state index contributed by atoms with van der Waals surface area (Å²) in [5, 5.41) is 3.18. The highest BCUT2D eigenvalue weighted by atomic mass is 15.1. The Labute approximate surface area is 98.3 Å². The number of hydrogen-bond acceptors (Lipinski definition) is 2. The molecule has 90 valence electrons. The average molecular weight is 221 g/mol. The van der Waals surface area contributed by atoms with Crippen molar-refractivity contribution in [2.75, 3.05) is 13.6 Å². The summed E-state index contributed by atoms with van der Waals surface area (Å²) in [7, 11) is 4.11. The molecule has 1 N–H and O–H groups in total. The first-order valence-electron chi connectivity index (χ1n) is 6.48. The van der Waals surface area contributed by atoms with Crippen molar-refractivity contribution in [2.24, 2.45) is 7.05 Å². The third-order valence-electron chi connectivity index (χ3n) is 3.61. The van der Waals surface area contributed by atoms with E-state index in [1.54, 1.807) is 0 Å². The van der Waals surface area contributed by atoms with E-state index >= 15 is 0 Å². The van der Waals surface area contributed by atoms with Crippen molar-refractivity contribution in [3.63, 3.8) is 0 Å². The molecule has 0 spiro atoms. The van der Waals surface area contributed by atoms with Crippen LogP contribution in [0.5, 0.6) is 0 Å². The molecule has 0 unspecified atom stereocenters. The van der Waals surface area contributed by atoms with E-state index in [1.807, 2.05) is 7.05 Å². The fourth-order valence-electron chi connectivity index (χ4n) is 2.59. The van der Waals surface area contributed by atoms with Gasteiger partial charge in [0.15, 0.2) is 0 Å².